The summed E-state index contributed by atoms with van der Waals surface area (Å²) in [6, 6.07) is 8.24. The van der Waals surface area contributed by atoms with Crippen LogP contribution in [0.25, 0.3) is 0 Å². The molecule has 0 saturated heterocycles. The molecule has 2 heterocycles. The molecule has 0 bridgehead atoms. The van der Waals surface area contributed by atoms with Crippen molar-refractivity contribution in [2.24, 2.45) is 0 Å². The molecule has 1 atom stereocenters. The number of hydrogen-bond donors (Lipinski definition) is 1. The summed E-state index contributed by atoms with van der Waals surface area (Å²) < 4.78 is 7.71. The number of nitro groups is 1. The van der Waals surface area contributed by atoms with Crippen LogP contribution in [0.1, 0.15) is 18.5 Å². The summed E-state index contributed by atoms with van der Waals surface area (Å²) in [5, 5.41) is 22.5. The van der Waals surface area contributed by atoms with Gasteiger partial charge in [-0.2, -0.15) is 5.10 Å². The first kappa shape index (κ1) is 19.4. The van der Waals surface area contributed by atoms with Gasteiger partial charge in [0.25, 0.3) is 0 Å². The van der Waals surface area contributed by atoms with E-state index in [0.717, 1.165) is 11.8 Å². The second kappa shape index (κ2) is 8.09. The Morgan fingerprint density at radius 2 is 2.18 bits per heavy atom. The van der Waals surface area contributed by atoms with E-state index in [4.69, 9.17) is 16.3 Å². The number of hydrogen-bond acceptors (Lipinski definition) is 6. The molecule has 0 aliphatic heterocycles. The fourth-order valence-electron chi connectivity index (χ4n) is 2.52. The van der Waals surface area contributed by atoms with E-state index in [1.165, 1.54) is 11.8 Å². The Labute approximate surface area is 164 Å². The van der Waals surface area contributed by atoms with Gasteiger partial charge in [0.1, 0.15) is 12.2 Å². The first-order chi connectivity index (χ1) is 13.4. The number of ether oxygens (including phenoxy) is 1. The molecule has 11 heteroatoms. The van der Waals surface area contributed by atoms with Crippen LogP contribution in [-0.4, -0.2) is 37.5 Å². The summed E-state index contributed by atoms with van der Waals surface area (Å²) in [5.74, 6) is -0.226. The highest BCUT2D eigenvalue weighted by atomic mass is 35.5. The molecule has 1 aromatic carbocycles. The maximum atomic E-state index is 12.5. The van der Waals surface area contributed by atoms with Crippen LogP contribution in [-0.2, 0) is 11.3 Å². The maximum Gasteiger partial charge on any atom is 0.350 e. The van der Waals surface area contributed by atoms with E-state index in [1.807, 2.05) is 18.2 Å². The maximum absolute atomic E-state index is 12.5. The SMILES string of the molecule is COc1nn(C(C)C(=O)Nc2ccn(Cc3cccc(Cl)c3)n2)cc1[N+](=O)[O-]. The summed E-state index contributed by atoms with van der Waals surface area (Å²) in [7, 11) is 1.27. The van der Waals surface area contributed by atoms with Crippen molar-refractivity contribution in [3.8, 4) is 5.88 Å². The number of methoxy groups -OCH3 is 1. The van der Waals surface area contributed by atoms with Gasteiger partial charge in [-0.1, -0.05) is 23.7 Å². The Morgan fingerprint density at radius 1 is 1.39 bits per heavy atom. The van der Waals surface area contributed by atoms with Crippen LogP contribution >= 0.6 is 11.6 Å². The van der Waals surface area contributed by atoms with E-state index in [0.29, 0.717) is 17.4 Å². The van der Waals surface area contributed by atoms with Crippen LogP contribution in [0.4, 0.5) is 11.5 Å². The minimum atomic E-state index is -0.805. The van der Waals surface area contributed by atoms with E-state index < -0.39 is 16.9 Å². The lowest BCUT2D eigenvalue weighted by atomic mass is 10.2. The Hall–Kier alpha value is -3.40. The van der Waals surface area contributed by atoms with E-state index in [1.54, 1.807) is 29.9 Å². The third-order valence-corrected chi connectivity index (χ3v) is 4.21. The number of halogens is 1. The van der Waals surface area contributed by atoms with Gasteiger partial charge in [-0.25, -0.2) is 4.68 Å². The molecule has 0 spiro atoms. The zero-order chi connectivity index (χ0) is 20.3. The number of anilines is 1. The van der Waals surface area contributed by atoms with Gasteiger partial charge in [-0.15, -0.1) is 5.10 Å². The second-order valence-corrected chi connectivity index (χ2v) is 6.39. The highest BCUT2D eigenvalue weighted by Gasteiger charge is 2.25. The first-order valence-electron chi connectivity index (χ1n) is 8.23. The zero-order valence-corrected chi connectivity index (χ0v) is 15.8. The molecule has 1 amide bonds. The van der Waals surface area contributed by atoms with Crippen molar-refractivity contribution in [3.05, 3.63) is 63.4 Å². The van der Waals surface area contributed by atoms with Gasteiger partial charge in [0.2, 0.25) is 5.91 Å². The van der Waals surface area contributed by atoms with E-state index >= 15 is 0 Å². The summed E-state index contributed by atoms with van der Waals surface area (Å²) in [6.45, 7) is 2.06. The number of carbonyl (C=O) groups is 1. The summed E-state index contributed by atoms with van der Waals surface area (Å²) in [5.41, 5.74) is 0.658. The molecule has 1 unspecified atom stereocenters. The molecule has 3 aromatic rings. The van der Waals surface area contributed by atoms with Crippen LogP contribution in [0.3, 0.4) is 0 Å². The molecular weight excluding hydrogens is 388 g/mol. The van der Waals surface area contributed by atoms with Gasteiger partial charge >= 0.3 is 11.6 Å². The Morgan fingerprint density at radius 3 is 2.82 bits per heavy atom. The predicted molar refractivity (Wildman–Crippen MR) is 102 cm³/mol. The van der Waals surface area contributed by atoms with Crippen LogP contribution in [0.15, 0.2) is 42.7 Å². The van der Waals surface area contributed by atoms with Crippen molar-refractivity contribution < 1.29 is 14.5 Å². The summed E-state index contributed by atoms with van der Waals surface area (Å²) in [6.07, 6.45) is 2.88. The smallest absolute Gasteiger partial charge is 0.350 e. The molecule has 1 N–H and O–H groups in total. The molecular formula is C17H17ClN6O4. The molecule has 2 aromatic heterocycles. The van der Waals surface area contributed by atoms with Crippen molar-refractivity contribution >= 4 is 29.0 Å². The molecule has 0 aliphatic carbocycles. The fourth-order valence-corrected chi connectivity index (χ4v) is 2.74. The van der Waals surface area contributed by atoms with Gasteiger partial charge in [-0.05, 0) is 24.6 Å². The number of nitrogens with zero attached hydrogens (tertiary/aromatic N) is 5. The topological polar surface area (TPSA) is 117 Å². The Kier molecular flexibility index (Phi) is 5.59. The third-order valence-electron chi connectivity index (χ3n) is 3.97. The standard InChI is InChI=1S/C17H17ClN6O4/c1-11(23-10-14(24(26)27)17(21-23)28-2)16(25)19-15-6-7-22(20-15)9-12-4-3-5-13(18)8-12/h3-8,10-11H,9H2,1-2H3,(H,19,20,25). The minimum absolute atomic E-state index is 0.157. The number of benzene rings is 1. The molecule has 146 valence electrons. The number of amides is 1. The number of aromatic nitrogens is 4. The van der Waals surface area contributed by atoms with E-state index in [2.05, 4.69) is 15.5 Å². The van der Waals surface area contributed by atoms with Crippen molar-refractivity contribution in [2.45, 2.75) is 19.5 Å². The van der Waals surface area contributed by atoms with Crippen LogP contribution in [0.2, 0.25) is 5.02 Å². The van der Waals surface area contributed by atoms with Crippen molar-refractivity contribution in [3.63, 3.8) is 0 Å². The van der Waals surface area contributed by atoms with E-state index in [-0.39, 0.29) is 11.6 Å². The lowest BCUT2D eigenvalue weighted by Gasteiger charge is -2.10. The zero-order valence-electron chi connectivity index (χ0n) is 15.1. The van der Waals surface area contributed by atoms with Crippen LogP contribution < -0.4 is 10.1 Å². The third kappa shape index (κ3) is 4.29. The molecule has 3 rings (SSSR count). The average Bonchev–Trinajstić information content (AvgIpc) is 3.28. The normalized spacial score (nSPS) is 11.8. The Bertz CT molecular complexity index is 1010. The average molecular weight is 405 g/mol. The van der Waals surface area contributed by atoms with Crippen molar-refractivity contribution in [2.75, 3.05) is 12.4 Å². The van der Waals surface area contributed by atoms with Gasteiger partial charge in [0, 0.05) is 17.3 Å². The van der Waals surface area contributed by atoms with E-state index in [9.17, 15) is 14.9 Å². The fraction of sp³-hybridized carbons (Fsp3) is 0.235. The second-order valence-electron chi connectivity index (χ2n) is 5.95. The number of carbonyl (C=O) groups excluding carboxylic acids is 1. The van der Waals surface area contributed by atoms with Crippen LogP contribution in [0, 0.1) is 10.1 Å². The highest BCUT2D eigenvalue weighted by Crippen LogP contribution is 2.26. The molecule has 0 saturated carbocycles. The molecule has 0 aliphatic rings. The number of rotatable bonds is 7. The van der Waals surface area contributed by atoms with Gasteiger partial charge in [-0.3, -0.25) is 19.6 Å². The van der Waals surface area contributed by atoms with Gasteiger partial charge in [0.15, 0.2) is 5.82 Å². The lowest BCUT2D eigenvalue weighted by molar-refractivity contribution is -0.385. The molecule has 0 fully saturated rings. The lowest BCUT2D eigenvalue weighted by Crippen LogP contribution is -2.24. The largest absolute Gasteiger partial charge is 0.475 e. The highest BCUT2D eigenvalue weighted by molar-refractivity contribution is 6.30. The van der Waals surface area contributed by atoms with Gasteiger partial charge < -0.3 is 10.1 Å². The van der Waals surface area contributed by atoms with Crippen molar-refractivity contribution in [1.29, 1.82) is 0 Å². The van der Waals surface area contributed by atoms with Crippen molar-refractivity contribution in [1.82, 2.24) is 19.6 Å². The first-order valence-corrected chi connectivity index (χ1v) is 8.61. The monoisotopic (exact) mass is 404 g/mol. The predicted octanol–water partition coefficient (Wildman–Crippen LogP) is 2.90. The number of nitrogens with one attached hydrogen (secondary N) is 1. The quantitative estimate of drug-likeness (QED) is 0.478. The molecule has 10 nitrogen and oxygen atoms in total. The summed E-state index contributed by atoms with van der Waals surface area (Å²) >= 11 is 5.98. The molecule has 0 radical (unpaired) electrons. The Balaban J connectivity index is 1.68. The molecule has 28 heavy (non-hydrogen) atoms. The summed E-state index contributed by atoms with van der Waals surface area (Å²) in [4.78, 5) is 22.8. The van der Waals surface area contributed by atoms with Crippen LogP contribution in [0.5, 0.6) is 5.88 Å². The minimum Gasteiger partial charge on any atom is -0.475 e. The van der Waals surface area contributed by atoms with Gasteiger partial charge in [0.05, 0.1) is 18.6 Å².